The van der Waals surface area contributed by atoms with E-state index in [9.17, 15) is 0 Å². The van der Waals surface area contributed by atoms with Gasteiger partial charge in [0, 0.05) is 0 Å². The van der Waals surface area contributed by atoms with Gasteiger partial charge in [0.2, 0.25) is 0 Å². The van der Waals surface area contributed by atoms with Gasteiger partial charge in [-0.05, 0) is 93.4 Å². The Labute approximate surface area is 196 Å². The van der Waals surface area contributed by atoms with Gasteiger partial charge in [-0.1, -0.05) is 80.9 Å². The smallest absolute Gasteiger partial charge is 0.00114 e. The van der Waals surface area contributed by atoms with Crippen LogP contribution in [-0.4, -0.2) is 0 Å². The highest BCUT2D eigenvalue weighted by Gasteiger charge is 2.30. The highest BCUT2D eigenvalue weighted by Crippen LogP contribution is 2.45. The van der Waals surface area contributed by atoms with E-state index in [0.29, 0.717) is 5.41 Å². The zero-order valence-electron chi connectivity index (χ0n) is 19.4. The monoisotopic (exact) mass is 446 g/mol. The van der Waals surface area contributed by atoms with Gasteiger partial charge in [-0.2, -0.15) is 22.7 Å². The Kier molecular flexibility index (Phi) is 8.28. The van der Waals surface area contributed by atoms with E-state index in [0.717, 1.165) is 0 Å². The summed E-state index contributed by atoms with van der Waals surface area (Å²) in [6, 6.07) is 19.2. The molecule has 0 nitrogen and oxygen atoms in total. The number of aryl methyl sites for hydroxylation is 2. The molecule has 0 atom stereocenters. The summed E-state index contributed by atoms with van der Waals surface area (Å²) >= 11 is 3.64. The Balaban J connectivity index is 0.000000330. The van der Waals surface area contributed by atoms with Gasteiger partial charge in [0.05, 0.1) is 0 Å². The molecule has 2 heterocycles. The second-order valence-corrected chi connectivity index (χ2v) is 9.70. The maximum Gasteiger partial charge on any atom is -0.00114 e. The summed E-state index contributed by atoms with van der Waals surface area (Å²) in [6.45, 7) is 11.3. The second kappa shape index (κ2) is 10.9. The van der Waals surface area contributed by atoms with Crippen molar-refractivity contribution in [3.05, 3.63) is 92.8 Å². The van der Waals surface area contributed by atoms with Crippen molar-refractivity contribution in [2.24, 2.45) is 0 Å². The van der Waals surface area contributed by atoms with Gasteiger partial charge in [-0.25, -0.2) is 0 Å². The first-order valence-electron chi connectivity index (χ1n) is 11.3. The van der Waals surface area contributed by atoms with Crippen LogP contribution in [0.4, 0.5) is 0 Å². The molecule has 0 amide bonds. The van der Waals surface area contributed by atoms with Crippen molar-refractivity contribution in [2.45, 2.75) is 59.3 Å². The molecule has 2 aromatic carbocycles. The van der Waals surface area contributed by atoms with E-state index in [1.807, 2.05) is 29.5 Å². The molecule has 162 valence electrons. The Bertz CT molecular complexity index is 1060. The third kappa shape index (κ3) is 5.19. The summed E-state index contributed by atoms with van der Waals surface area (Å²) in [6.07, 6.45) is 3.59. The van der Waals surface area contributed by atoms with Gasteiger partial charge >= 0.3 is 0 Å². The van der Waals surface area contributed by atoms with E-state index in [-0.39, 0.29) is 0 Å². The molecule has 0 bridgehead atoms. The van der Waals surface area contributed by atoms with Crippen molar-refractivity contribution in [1.82, 2.24) is 0 Å². The van der Waals surface area contributed by atoms with Gasteiger partial charge in [0.15, 0.2) is 0 Å². The number of hydrogen-bond acceptors (Lipinski definition) is 2. The standard InChI is InChI=1S/C22H26S2.C7H8/c1-5-22(6-2,7-3)21-15-24-14-20(21)18-11-9-8-10-17(18)19-13-23-12-16(19)4;1-7-5-3-2-4-6-7/h8-15H,5-7H2,1-4H3;2-6H,1H3. The molecular weight excluding hydrogens is 412 g/mol. The second-order valence-electron chi connectivity index (χ2n) is 8.21. The molecule has 2 heteroatoms. The molecule has 2 aromatic heterocycles. The van der Waals surface area contributed by atoms with Crippen molar-refractivity contribution in [1.29, 1.82) is 0 Å². The lowest BCUT2D eigenvalue weighted by Gasteiger charge is -2.32. The lowest BCUT2D eigenvalue weighted by Crippen LogP contribution is -2.23. The molecule has 0 saturated heterocycles. The quantitative estimate of drug-likeness (QED) is 0.276. The van der Waals surface area contributed by atoms with Crippen LogP contribution in [-0.2, 0) is 5.41 Å². The summed E-state index contributed by atoms with van der Waals surface area (Å²) in [7, 11) is 0. The van der Waals surface area contributed by atoms with Gasteiger partial charge in [-0.15, -0.1) is 0 Å². The molecule has 0 fully saturated rings. The molecule has 0 N–H and O–H groups in total. The summed E-state index contributed by atoms with van der Waals surface area (Å²) in [4.78, 5) is 0. The Morgan fingerprint density at radius 3 is 1.58 bits per heavy atom. The molecule has 31 heavy (non-hydrogen) atoms. The van der Waals surface area contributed by atoms with Gasteiger partial charge in [0.25, 0.3) is 0 Å². The predicted molar refractivity (Wildman–Crippen MR) is 142 cm³/mol. The molecule has 4 rings (SSSR count). The summed E-state index contributed by atoms with van der Waals surface area (Å²) in [5.41, 5.74) is 10.1. The zero-order valence-corrected chi connectivity index (χ0v) is 21.1. The van der Waals surface area contributed by atoms with Crippen LogP contribution in [0.25, 0.3) is 22.3 Å². The molecule has 4 aromatic rings. The van der Waals surface area contributed by atoms with E-state index in [1.54, 1.807) is 16.9 Å². The lowest BCUT2D eigenvalue weighted by molar-refractivity contribution is 0.384. The average Bonchev–Trinajstić information content (AvgIpc) is 3.46. The van der Waals surface area contributed by atoms with Crippen LogP contribution in [0.3, 0.4) is 0 Å². The van der Waals surface area contributed by atoms with E-state index in [1.165, 1.54) is 52.6 Å². The van der Waals surface area contributed by atoms with Crippen LogP contribution in [0.5, 0.6) is 0 Å². The van der Waals surface area contributed by atoms with Gasteiger partial charge in [0.1, 0.15) is 0 Å². The highest BCUT2D eigenvalue weighted by atomic mass is 32.1. The Hall–Kier alpha value is -2.16. The third-order valence-electron chi connectivity index (χ3n) is 6.57. The van der Waals surface area contributed by atoms with Crippen molar-refractivity contribution < 1.29 is 0 Å². The predicted octanol–water partition coefficient (Wildman–Crippen LogP) is 9.91. The van der Waals surface area contributed by atoms with Gasteiger partial charge in [-0.3, -0.25) is 0 Å². The largest absolute Gasteiger partial charge is 0.151 e. The maximum atomic E-state index is 2.39. The molecule has 0 aliphatic carbocycles. The first-order valence-corrected chi connectivity index (χ1v) is 13.2. The highest BCUT2D eigenvalue weighted by molar-refractivity contribution is 7.08. The van der Waals surface area contributed by atoms with E-state index in [2.05, 4.69) is 92.5 Å². The molecular formula is C29H34S2. The molecule has 0 unspecified atom stereocenters. The fraction of sp³-hybridized carbons (Fsp3) is 0.310. The van der Waals surface area contributed by atoms with Crippen LogP contribution in [0, 0.1) is 13.8 Å². The summed E-state index contributed by atoms with van der Waals surface area (Å²) < 4.78 is 0. The molecule has 0 aliphatic heterocycles. The minimum atomic E-state index is 0.298. The Morgan fingerprint density at radius 2 is 1.10 bits per heavy atom. The van der Waals surface area contributed by atoms with Crippen LogP contribution in [0.15, 0.2) is 76.1 Å². The van der Waals surface area contributed by atoms with Crippen LogP contribution in [0.2, 0.25) is 0 Å². The van der Waals surface area contributed by atoms with E-state index >= 15 is 0 Å². The van der Waals surface area contributed by atoms with Crippen molar-refractivity contribution in [2.75, 3.05) is 0 Å². The van der Waals surface area contributed by atoms with Crippen molar-refractivity contribution in [3.8, 4) is 22.3 Å². The number of hydrogen-bond donors (Lipinski definition) is 0. The fourth-order valence-corrected chi connectivity index (χ4v) is 6.18. The first kappa shape index (κ1) is 23.5. The normalized spacial score (nSPS) is 11.1. The molecule has 0 radical (unpaired) electrons. The minimum absolute atomic E-state index is 0.298. The maximum absolute atomic E-state index is 2.39. The summed E-state index contributed by atoms with van der Waals surface area (Å²) in [5, 5.41) is 9.27. The fourth-order valence-electron chi connectivity index (χ4n) is 4.36. The SMILES string of the molecule is CCC(CC)(CC)c1cscc1-c1ccccc1-c1cscc1C.Cc1ccccc1. The molecule has 0 aliphatic rings. The van der Waals surface area contributed by atoms with Crippen LogP contribution < -0.4 is 0 Å². The third-order valence-corrected chi connectivity index (χ3v) is 8.17. The zero-order chi connectivity index (χ0) is 22.3. The van der Waals surface area contributed by atoms with Crippen LogP contribution in [0.1, 0.15) is 56.7 Å². The lowest BCUT2D eigenvalue weighted by atomic mass is 9.72. The van der Waals surface area contributed by atoms with Crippen LogP contribution >= 0.6 is 22.7 Å². The average molecular weight is 447 g/mol. The van der Waals surface area contributed by atoms with Gasteiger partial charge < -0.3 is 0 Å². The number of rotatable bonds is 6. The number of thiophene rings is 2. The minimum Gasteiger partial charge on any atom is -0.151 e. The first-order chi connectivity index (χ1) is 15.1. The number of benzene rings is 2. The van der Waals surface area contributed by atoms with E-state index in [4.69, 9.17) is 0 Å². The topological polar surface area (TPSA) is 0 Å². The van der Waals surface area contributed by atoms with E-state index < -0.39 is 0 Å². The van der Waals surface area contributed by atoms with Crippen molar-refractivity contribution >= 4 is 22.7 Å². The Morgan fingerprint density at radius 1 is 0.581 bits per heavy atom. The molecule has 0 spiro atoms. The molecule has 0 saturated carbocycles. The summed E-state index contributed by atoms with van der Waals surface area (Å²) in [5.74, 6) is 0. The van der Waals surface area contributed by atoms with Crippen molar-refractivity contribution in [3.63, 3.8) is 0 Å².